The van der Waals surface area contributed by atoms with Gasteiger partial charge in [-0.25, -0.2) is 0 Å². The zero-order chi connectivity index (χ0) is 10.7. The van der Waals surface area contributed by atoms with Crippen LogP contribution in [0, 0.1) is 5.92 Å². The summed E-state index contributed by atoms with van der Waals surface area (Å²) in [6, 6.07) is 3.75. The molecule has 78 valence electrons. The summed E-state index contributed by atoms with van der Waals surface area (Å²) in [6.45, 7) is 4.25. The molecule has 0 aliphatic rings. The minimum absolute atomic E-state index is 0.532. The van der Waals surface area contributed by atoms with Gasteiger partial charge in [0.2, 0.25) is 0 Å². The standard InChI is InChI=1S/C11H13N3O/c1-8(2)6-10-13-11(15-14-10)9-4-3-5-12-7-9/h3-5,7-8H,6H2,1-2H3. The third-order valence-corrected chi connectivity index (χ3v) is 1.97. The van der Waals surface area contributed by atoms with E-state index in [2.05, 4.69) is 29.0 Å². The predicted molar refractivity (Wildman–Crippen MR) is 56.1 cm³/mol. The van der Waals surface area contributed by atoms with Crippen molar-refractivity contribution in [3.8, 4) is 11.5 Å². The lowest BCUT2D eigenvalue weighted by molar-refractivity contribution is 0.417. The molecule has 0 amide bonds. The molecule has 0 saturated heterocycles. The molecule has 0 saturated carbocycles. The van der Waals surface area contributed by atoms with E-state index in [-0.39, 0.29) is 0 Å². The van der Waals surface area contributed by atoms with Gasteiger partial charge in [-0.1, -0.05) is 19.0 Å². The molecule has 15 heavy (non-hydrogen) atoms. The average molecular weight is 203 g/mol. The van der Waals surface area contributed by atoms with E-state index in [0.29, 0.717) is 11.8 Å². The summed E-state index contributed by atoms with van der Waals surface area (Å²) in [6.07, 6.45) is 4.27. The Hall–Kier alpha value is -1.71. The minimum atomic E-state index is 0.532. The van der Waals surface area contributed by atoms with Crippen molar-refractivity contribution >= 4 is 0 Å². The number of hydrogen-bond acceptors (Lipinski definition) is 4. The highest BCUT2D eigenvalue weighted by molar-refractivity contribution is 5.50. The molecule has 0 bridgehead atoms. The van der Waals surface area contributed by atoms with Crippen LogP contribution in [-0.2, 0) is 6.42 Å². The fraction of sp³-hybridized carbons (Fsp3) is 0.364. The minimum Gasteiger partial charge on any atom is -0.334 e. The van der Waals surface area contributed by atoms with Crippen LogP contribution in [0.2, 0.25) is 0 Å². The Bertz CT molecular complexity index is 422. The van der Waals surface area contributed by atoms with E-state index in [4.69, 9.17) is 4.52 Å². The number of pyridine rings is 1. The molecule has 0 unspecified atom stereocenters. The van der Waals surface area contributed by atoms with E-state index in [1.165, 1.54) is 0 Å². The van der Waals surface area contributed by atoms with Gasteiger partial charge in [-0.05, 0) is 18.1 Å². The molecule has 4 nitrogen and oxygen atoms in total. The van der Waals surface area contributed by atoms with Gasteiger partial charge >= 0.3 is 0 Å². The van der Waals surface area contributed by atoms with Crippen molar-refractivity contribution in [3.63, 3.8) is 0 Å². The van der Waals surface area contributed by atoms with E-state index >= 15 is 0 Å². The monoisotopic (exact) mass is 203 g/mol. The molecule has 0 fully saturated rings. The van der Waals surface area contributed by atoms with Crippen molar-refractivity contribution < 1.29 is 4.52 Å². The topological polar surface area (TPSA) is 51.8 Å². The van der Waals surface area contributed by atoms with E-state index in [9.17, 15) is 0 Å². The van der Waals surface area contributed by atoms with Crippen molar-refractivity contribution in [1.82, 2.24) is 15.1 Å². The lowest BCUT2D eigenvalue weighted by Crippen LogP contribution is -1.95. The van der Waals surface area contributed by atoms with Crippen LogP contribution in [-0.4, -0.2) is 15.1 Å². The van der Waals surface area contributed by atoms with Crippen molar-refractivity contribution in [1.29, 1.82) is 0 Å². The maximum atomic E-state index is 5.15. The first-order chi connectivity index (χ1) is 7.25. The number of hydrogen-bond donors (Lipinski definition) is 0. The molecule has 2 heterocycles. The quantitative estimate of drug-likeness (QED) is 0.768. The Morgan fingerprint density at radius 2 is 2.27 bits per heavy atom. The van der Waals surface area contributed by atoms with Crippen LogP contribution in [0.1, 0.15) is 19.7 Å². The smallest absolute Gasteiger partial charge is 0.259 e. The second kappa shape index (κ2) is 4.21. The molecule has 4 heteroatoms. The number of rotatable bonds is 3. The highest BCUT2D eigenvalue weighted by atomic mass is 16.5. The van der Waals surface area contributed by atoms with Crippen LogP contribution in [0.25, 0.3) is 11.5 Å². The summed E-state index contributed by atoms with van der Waals surface area (Å²) in [5, 5.41) is 3.92. The second-order valence-electron chi connectivity index (χ2n) is 3.86. The van der Waals surface area contributed by atoms with Gasteiger partial charge in [0.15, 0.2) is 5.82 Å². The van der Waals surface area contributed by atoms with Gasteiger partial charge in [-0.15, -0.1) is 0 Å². The van der Waals surface area contributed by atoms with Crippen LogP contribution in [0.5, 0.6) is 0 Å². The molecular formula is C11H13N3O. The van der Waals surface area contributed by atoms with Gasteiger partial charge in [-0.2, -0.15) is 4.98 Å². The molecule has 0 aliphatic heterocycles. The Labute approximate surface area is 88.4 Å². The van der Waals surface area contributed by atoms with Crippen LogP contribution in [0.3, 0.4) is 0 Å². The maximum Gasteiger partial charge on any atom is 0.259 e. The molecule has 2 aromatic rings. The molecule has 2 rings (SSSR count). The first-order valence-corrected chi connectivity index (χ1v) is 4.98. The average Bonchev–Trinajstić information content (AvgIpc) is 2.67. The fourth-order valence-corrected chi connectivity index (χ4v) is 1.31. The van der Waals surface area contributed by atoms with Gasteiger partial charge in [-0.3, -0.25) is 4.98 Å². The Morgan fingerprint density at radius 1 is 1.40 bits per heavy atom. The van der Waals surface area contributed by atoms with Gasteiger partial charge in [0, 0.05) is 18.8 Å². The van der Waals surface area contributed by atoms with Crippen LogP contribution in [0.15, 0.2) is 29.0 Å². The molecule has 0 aliphatic carbocycles. The summed E-state index contributed by atoms with van der Waals surface area (Å²) in [5.74, 6) is 1.83. The number of aromatic nitrogens is 3. The molecule has 0 radical (unpaired) electrons. The maximum absolute atomic E-state index is 5.15. The van der Waals surface area contributed by atoms with Crippen LogP contribution < -0.4 is 0 Å². The summed E-state index contributed by atoms with van der Waals surface area (Å²) >= 11 is 0. The zero-order valence-corrected chi connectivity index (χ0v) is 8.84. The number of nitrogens with zero attached hydrogens (tertiary/aromatic N) is 3. The van der Waals surface area contributed by atoms with Gasteiger partial charge in [0.1, 0.15) is 0 Å². The summed E-state index contributed by atoms with van der Waals surface area (Å²) in [4.78, 5) is 8.31. The van der Waals surface area contributed by atoms with Crippen molar-refractivity contribution in [3.05, 3.63) is 30.4 Å². The molecule has 0 N–H and O–H groups in total. The predicted octanol–water partition coefficient (Wildman–Crippen LogP) is 2.33. The van der Waals surface area contributed by atoms with Crippen molar-refractivity contribution in [2.45, 2.75) is 20.3 Å². The van der Waals surface area contributed by atoms with E-state index < -0.39 is 0 Å². The van der Waals surface area contributed by atoms with Crippen LogP contribution >= 0.6 is 0 Å². The second-order valence-corrected chi connectivity index (χ2v) is 3.86. The third-order valence-electron chi connectivity index (χ3n) is 1.97. The molecule has 0 atom stereocenters. The van der Waals surface area contributed by atoms with Gasteiger partial charge in [0.25, 0.3) is 5.89 Å². The first-order valence-electron chi connectivity index (χ1n) is 4.98. The Kier molecular flexibility index (Phi) is 2.76. The Morgan fingerprint density at radius 3 is 2.93 bits per heavy atom. The third kappa shape index (κ3) is 2.40. The van der Waals surface area contributed by atoms with E-state index in [1.54, 1.807) is 12.4 Å². The van der Waals surface area contributed by atoms with Gasteiger partial charge < -0.3 is 4.52 Å². The highest BCUT2D eigenvalue weighted by Crippen LogP contribution is 2.16. The van der Waals surface area contributed by atoms with E-state index in [0.717, 1.165) is 17.8 Å². The van der Waals surface area contributed by atoms with E-state index in [1.807, 2.05) is 12.1 Å². The van der Waals surface area contributed by atoms with Crippen LogP contribution in [0.4, 0.5) is 0 Å². The molecular weight excluding hydrogens is 190 g/mol. The fourth-order valence-electron chi connectivity index (χ4n) is 1.31. The Balaban J connectivity index is 2.21. The van der Waals surface area contributed by atoms with Gasteiger partial charge in [0.05, 0.1) is 5.56 Å². The zero-order valence-electron chi connectivity index (χ0n) is 8.84. The largest absolute Gasteiger partial charge is 0.334 e. The summed E-state index contributed by atoms with van der Waals surface area (Å²) in [5.41, 5.74) is 0.861. The lowest BCUT2D eigenvalue weighted by atomic mass is 10.1. The highest BCUT2D eigenvalue weighted by Gasteiger charge is 2.09. The molecule has 2 aromatic heterocycles. The van der Waals surface area contributed by atoms with Crippen molar-refractivity contribution in [2.75, 3.05) is 0 Å². The molecule has 0 spiro atoms. The summed E-state index contributed by atoms with van der Waals surface area (Å²) < 4.78 is 5.15. The lowest BCUT2D eigenvalue weighted by Gasteiger charge is -1.96. The normalized spacial score (nSPS) is 10.9. The summed E-state index contributed by atoms with van der Waals surface area (Å²) in [7, 11) is 0. The first kappa shape index (κ1) is 9.83. The van der Waals surface area contributed by atoms with Crippen molar-refractivity contribution in [2.24, 2.45) is 5.92 Å². The SMILES string of the molecule is CC(C)Cc1noc(-c2cccnc2)n1. The molecule has 0 aromatic carbocycles.